The number of hydrogen-bond acceptors (Lipinski definition) is 2. The van der Waals surface area contributed by atoms with Crippen molar-refractivity contribution in [3.05, 3.63) is 76.7 Å². The van der Waals surface area contributed by atoms with Crippen molar-refractivity contribution in [1.82, 2.24) is 9.47 Å². The van der Waals surface area contributed by atoms with Gasteiger partial charge in [0.15, 0.2) is 0 Å². The minimum absolute atomic E-state index is 0.0680. The maximum absolute atomic E-state index is 14.0. The molecule has 0 N–H and O–H groups in total. The molecule has 2 aromatic carbocycles. The molecule has 37 heavy (non-hydrogen) atoms. The second kappa shape index (κ2) is 10.6. The Balaban J connectivity index is 1.35. The number of ether oxygens (including phenoxy) is 1. The molecule has 0 radical (unpaired) electrons. The van der Waals surface area contributed by atoms with E-state index in [4.69, 9.17) is 16.3 Å². The fraction of sp³-hybridized carbons (Fsp3) is 0.452. The van der Waals surface area contributed by atoms with Crippen LogP contribution in [0.4, 0.5) is 4.39 Å². The van der Waals surface area contributed by atoms with Crippen LogP contribution < -0.4 is 0 Å². The van der Waals surface area contributed by atoms with E-state index in [-0.39, 0.29) is 17.1 Å². The molecule has 2 aliphatic heterocycles. The lowest BCUT2D eigenvalue weighted by atomic mass is 9.72. The van der Waals surface area contributed by atoms with E-state index >= 15 is 0 Å². The van der Waals surface area contributed by atoms with Crippen molar-refractivity contribution in [2.24, 2.45) is 5.92 Å². The predicted octanol–water partition coefficient (Wildman–Crippen LogP) is 7.48. The second-order valence-corrected chi connectivity index (χ2v) is 11.5. The Morgan fingerprint density at radius 3 is 2.57 bits per heavy atom. The molecule has 5 rings (SSSR count). The molecule has 2 saturated heterocycles. The van der Waals surface area contributed by atoms with Crippen LogP contribution in [-0.4, -0.2) is 41.7 Å². The van der Waals surface area contributed by atoms with Crippen molar-refractivity contribution in [2.45, 2.75) is 57.9 Å². The lowest BCUT2D eigenvalue weighted by Crippen LogP contribution is -2.44. The summed E-state index contributed by atoms with van der Waals surface area (Å²) in [5.74, 6) is 0.476. The van der Waals surface area contributed by atoms with Crippen LogP contribution in [0.1, 0.15) is 67.4 Å². The number of likely N-dealkylation sites (tertiary alicyclic amines) is 1. The minimum Gasteiger partial charge on any atom is -0.381 e. The van der Waals surface area contributed by atoms with Gasteiger partial charge < -0.3 is 14.2 Å². The highest BCUT2D eigenvalue weighted by molar-refractivity contribution is 6.31. The smallest absolute Gasteiger partial charge is 0.256 e. The number of carbonyl (C=O) groups excluding carboxylic acids is 1. The zero-order chi connectivity index (χ0) is 26.2. The maximum atomic E-state index is 14.0. The Bertz CT molecular complexity index is 1320. The number of benzene rings is 2. The Labute approximate surface area is 224 Å². The number of piperidine rings is 1. The highest BCUT2D eigenvalue weighted by atomic mass is 35.5. The van der Waals surface area contributed by atoms with Crippen molar-refractivity contribution in [2.75, 3.05) is 26.3 Å². The summed E-state index contributed by atoms with van der Waals surface area (Å²) in [6, 6.07) is 10.8. The molecule has 196 valence electrons. The zero-order valence-corrected chi connectivity index (χ0v) is 22.6. The summed E-state index contributed by atoms with van der Waals surface area (Å²) in [6.45, 7) is 12.1. The Morgan fingerprint density at radius 2 is 1.86 bits per heavy atom. The number of fused-ring (bicyclic) bond motifs is 1. The van der Waals surface area contributed by atoms with Gasteiger partial charge in [0.2, 0.25) is 0 Å². The number of aromatic nitrogens is 1. The van der Waals surface area contributed by atoms with Crippen LogP contribution in [0.25, 0.3) is 16.5 Å². The van der Waals surface area contributed by atoms with Gasteiger partial charge in [0.1, 0.15) is 5.82 Å². The van der Waals surface area contributed by atoms with Gasteiger partial charge in [-0.25, -0.2) is 4.39 Å². The van der Waals surface area contributed by atoms with E-state index in [1.165, 1.54) is 6.07 Å². The average molecular weight is 523 g/mol. The number of aryl methyl sites for hydroxylation is 1. The summed E-state index contributed by atoms with van der Waals surface area (Å²) >= 11 is 6.36. The fourth-order valence-corrected chi connectivity index (χ4v) is 6.18. The average Bonchev–Trinajstić information content (AvgIpc) is 3.25. The largest absolute Gasteiger partial charge is 0.381 e. The number of rotatable bonds is 6. The van der Waals surface area contributed by atoms with Crippen molar-refractivity contribution in [1.29, 1.82) is 0 Å². The lowest BCUT2D eigenvalue weighted by molar-refractivity contribution is 0.0627. The van der Waals surface area contributed by atoms with Crippen molar-refractivity contribution in [3.63, 3.8) is 0 Å². The summed E-state index contributed by atoms with van der Waals surface area (Å²) in [4.78, 5) is 15.8. The Kier molecular flexibility index (Phi) is 7.46. The molecule has 4 nitrogen and oxygen atoms in total. The number of nitrogens with zero attached hydrogens (tertiary/aromatic N) is 2. The predicted molar refractivity (Wildman–Crippen MR) is 149 cm³/mol. The van der Waals surface area contributed by atoms with Gasteiger partial charge >= 0.3 is 0 Å². The summed E-state index contributed by atoms with van der Waals surface area (Å²) in [5, 5.41) is 1.64. The number of allylic oxidation sites excluding steroid dienone is 1. The van der Waals surface area contributed by atoms with Gasteiger partial charge in [-0.15, -0.1) is 0 Å². The van der Waals surface area contributed by atoms with Crippen LogP contribution in [0, 0.1) is 11.7 Å². The van der Waals surface area contributed by atoms with Gasteiger partial charge in [-0.1, -0.05) is 42.8 Å². The molecule has 2 aliphatic rings. The first-order valence-corrected chi connectivity index (χ1v) is 13.7. The Morgan fingerprint density at radius 1 is 1.14 bits per heavy atom. The molecule has 0 aliphatic carbocycles. The number of hydrogen-bond donors (Lipinski definition) is 0. The first kappa shape index (κ1) is 26.0. The quantitative estimate of drug-likeness (QED) is 0.336. The first-order valence-electron chi connectivity index (χ1n) is 13.4. The second-order valence-electron chi connectivity index (χ2n) is 11.1. The van der Waals surface area contributed by atoms with E-state index < -0.39 is 0 Å². The zero-order valence-electron chi connectivity index (χ0n) is 21.9. The maximum Gasteiger partial charge on any atom is 0.256 e. The first-order chi connectivity index (χ1) is 17.7. The molecule has 2 fully saturated rings. The van der Waals surface area contributed by atoms with Gasteiger partial charge in [-0.3, -0.25) is 4.79 Å². The summed E-state index contributed by atoms with van der Waals surface area (Å²) in [5.41, 5.74) is 4.49. The molecular formula is C31H36ClFN2O2. The highest BCUT2D eigenvalue weighted by Gasteiger charge is 2.36. The molecule has 0 spiro atoms. The normalized spacial score (nSPS) is 18.3. The molecule has 1 amide bonds. The van der Waals surface area contributed by atoms with Gasteiger partial charge in [0.05, 0.1) is 11.1 Å². The van der Waals surface area contributed by atoms with E-state index in [2.05, 4.69) is 18.1 Å². The number of amides is 1. The van der Waals surface area contributed by atoms with Crippen LogP contribution in [0.15, 0.2) is 49.2 Å². The minimum atomic E-state index is -0.244. The summed E-state index contributed by atoms with van der Waals surface area (Å²) in [7, 11) is 0. The van der Waals surface area contributed by atoms with Crippen LogP contribution >= 0.6 is 11.6 Å². The number of carbonyl (C=O) groups is 1. The van der Waals surface area contributed by atoms with Gasteiger partial charge in [0, 0.05) is 49.5 Å². The molecule has 0 atom stereocenters. The molecule has 0 saturated carbocycles. The third kappa shape index (κ3) is 5.35. The molecule has 0 unspecified atom stereocenters. The van der Waals surface area contributed by atoms with E-state index in [9.17, 15) is 9.18 Å². The molecule has 1 aromatic heterocycles. The fourth-order valence-electron chi connectivity index (χ4n) is 6.02. The van der Waals surface area contributed by atoms with E-state index in [0.717, 1.165) is 85.0 Å². The van der Waals surface area contributed by atoms with Crippen molar-refractivity contribution < 1.29 is 13.9 Å². The number of halogens is 2. The van der Waals surface area contributed by atoms with Crippen LogP contribution in [0.2, 0.25) is 5.02 Å². The third-order valence-corrected chi connectivity index (χ3v) is 8.67. The van der Waals surface area contributed by atoms with Crippen LogP contribution in [0.3, 0.4) is 0 Å². The summed E-state index contributed by atoms with van der Waals surface area (Å²) in [6.07, 6.45) is 6.92. The van der Waals surface area contributed by atoms with Crippen molar-refractivity contribution >= 4 is 34.0 Å². The van der Waals surface area contributed by atoms with E-state index in [0.29, 0.717) is 24.0 Å². The lowest BCUT2D eigenvalue weighted by Gasteiger charge is -2.41. The SMILES string of the molecule is C=C(C)c1cc(F)ccc1C1(C)CCN(C(=O)c2cn(CCC3CCOCC3)c3cc(Cl)ccc23)CC1. The molecule has 3 aromatic rings. The molecule has 3 heterocycles. The molecule has 6 heteroatoms. The van der Waals surface area contributed by atoms with Gasteiger partial charge in [-0.2, -0.15) is 0 Å². The third-order valence-electron chi connectivity index (χ3n) is 8.44. The molecule has 0 bridgehead atoms. The van der Waals surface area contributed by atoms with Crippen LogP contribution in [-0.2, 0) is 16.7 Å². The van der Waals surface area contributed by atoms with E-state index in [1.807, 2.05) is 42.3 Å². The van der Waals surface area contributed by atoms with Crippen molar-refractivity contribution in [3.8, 4) is 0 Å². The topological polar surface area (TPSA) is 34.5 Å². The van der Waals surface area contributed by atoms with Gasteiger partial charge in [-0.05, 0) is 85.8 Å². The highest BCUT2D eigenvalue weighted by Crippen LogP contribution is 2.39. The Hall–Kier alpha value is -2.63. The monoisotopic (exact) mass is 522 g/mol. The summed E-state index contributed by atoms with van der Waals surface area (Å²) < 4.78 is 21.7. The van der Waals surface area contributed by atoms with Crippen LogP contribution in [0.5, 0.6) is 0 Å². The van der Waals surface area contributed by atoms with Gasteiger partial charge in [0.25, 0.3) is 5.91 Å². The van der Waals surface area contributed by atoms with E-state index in [1.54, 1.807) is 6.07 Å². The standard InChI is InChI=1S/C31H36ClFN2O2/c1-21(2)26-19-24(33)5-7-28(26)31(3)11-14-34(15-12-31)30(36)27-20-35(13-8-22-9-16-37-17-10-22)29-18-23(32)4-6-25(27)29/h4-7,18-20,22H,1,8-17H2,2-3H3. The molecular weight excluding hydrogens is 487 g/mol.